The summed E-state index contributed by atoms with van der Waals surface area (Å²) in [7, 11) is 0. The minimum absolute atomic E-state index is 0.0454. The number of hydrogen-bond donors (Lipinski definition) is 2. The van der Waals surface area contributed by atoms with Gasteiger partial charge in [-0.2, -0.15) is 0 Å². The van der Waals surface area contributed by atoms with E-state index in [2.05, 4.69) is 24.5 Å². The molecule has 1 fully saturated rings. The first-order chi connectivity index (χ1) is 12.6. The standard InChI is InChI=1S/C20H33N3O3/c1-4-15(3)22-20(21-13-12-18-7-6-14-26-18)23-17-10-8-16(9-11-17)19(24)25-5-2/h6-7,14-17H,4-5,8-13H2,1-3H3,(H2,21,22,23). The van der Waals surface area contributed by atoms with E-state index < -0.39 is 0 Å². The van der Waals surface area contributed by atoms with E-state index in [-0.39, 0.29) is 11.9 Å². The van der Waals surface area contributed by atoms with Gasteiger partial charge in [-0.15, -0.1) is 0 Å². The second kappa shape index (κ2) is 10.9. The summed E-state index contributed by atoms with van der Waals surface area (Å²) in [6.07, 6.45) is 7.19. The van der Waals surface area contributed by atoms with Crippen molar-refractivity contribution in [3.8, 4) is 0 Å². The van der Waals surface area contributed by atoms with Gasteiger partial charge in [0.15, 0.2) is 5.96 Å². The Labute approximate surface area is 156 Å². The second-order valence-electron chi connectivity index (χ2n) is 6.96. The Balaban J connectivity index is 1.84. The lowest BCUT2D eigenvalue weighted by atomic mass is 9.86. The fourth-order valence-electron chi connectivity index (χ4n) is 3.13. The van der Waals surface area contributed by atoms with E-state index in [4.69, 9.17) is 14.1 Å². The molecule has 26 heavy (non-hydrogen) atoms. The summed E-state index contributed by atoms with van der Waals surface area (Å²) in [6, 6.07) is 4.58. The number of aliphatic imine (C=N–C) groups is 1. The predicted molar refractivity (Wildman–Crippen MR) is 103 cm³/mol. The molecule has 2 rings (SSSR count). The number of hydrogen-bond acceptors (Lipinski definition) is 4. The van der Waals surface area contributed by atoms with E-state index in [1.807, 2.05) is 19.1 Å². The van der Waals surface area contributed by atoms with Crippen molar-refractivity contribution < 1.29 is 13.9 Å². The first kappa shape index (κ1) is 20.3. The minimum Gasteiger partial charge on any atom is -0.469 e. The molecule has 0 aliphatic heterocycles. The van der Waals surface area contributed by atoms with Gasteiger partial charge in [-0.1, -0.05) is 6.92 Å². The maximum atomic E-state index is 11.9. The van der Waals surface area contributed by atoms with Gasteiger partial charge in [0.1, 0.15) is 5.76 Å². The normalized spacial score (nSPS) is 21.9. The number of rotatable bonds is 8. The van der Waals surface area contributed by atoms with Gasteiger partial charge in [0.25, 0.3) is 0 Å². The number of nitrogens with one attached hydrogen (secondary N) is 2. The van der Waals surface area contributed by atoms with Crippen LogP contribution in [0.25, 0.3) is 0 Å². The molecule has 0 amide bonds. The molecule has 1 heterocycles. The quantitative estimate of drug-likeness (QED) is 0.421. The molecule has 0 aromatic carbocycles. The van der Waals surface area contributed by atoms with Gasteiger partial charge in [-0.25, -0.2) is 0 Å². The molecule has 6 nitrogen and oxygen atoms in total. The molecule has 1 saturated carbocycles. The zero-order valence-corrected chi connectivity index (χ0v) is 16.3. The van der Waals surface area contributed by atoms with Crippen LogP contribution in [-0.4, -0.2) is 37.2 Å². The molecule has 6 heteroatoms. The summed E-state index contributed by atoms with van der Waals surface area (Å²) in [5.41, 5.74) is 0. The molecule has 1 aliphatic rings. The largest absolute Gasteiger partial charge is 0.469 e. The van der Waals surface area contributed by atoms with E-state index in [1.54, 1.807) is 6.26 Å². The Kier molecular flexibility index (Phi) is 8.51. The molecule has 146 valence electrons. The maximum Gasteiger partial charge on any atom is 0.308 e. The van der Waals surface area contributed by atoms with E-state index in [9.17, 15) is 4.79 Å². The summed E-state index contributed by atoms with van der Waals surface area (Å²) in [5.74, 6) is 1.81. The lowest BCUT2D eigenvalue weighted by molar-refractivity contribution is -0.149. The van der Waals surface area contributed by atoms with Crippen LogP contribution in [0.1, 0.15) is 58.6 Å². The predicted octanol–water partition coefficient (Wildman–Crippen LogP) is 3.28. The Hall–Kier alpha value is -1.98. The van der Waals surface area contributed by atoms with Crippen molar-refractivity contribution in [3.05, 3.63) is 24.2 Å². The summed E-state index contributed by atoms with van der Waals surface area (Å²) in [6.45, 7) is 7.31. The number of nitrogens with zero attached hydrogens (tertiary/aromatic N) is 1. The third kappa shape index (κ3) is 6.73. The lowest BCUT2D eigenvalue weighted by Gasteiger charge is -2.29. The van der Waals surface area contributed by atoms with Crippen molar-refractivity contribution >= 4 is 11.9 Å². The van der Waals surface area contributed by atoms with Crippen molar-refractivity contribution in [1.29, 1.82) is 0 Å². The van der Waals surface area contributed by atoms with Gasteiger partial charge < -0.3 is 19.8 Å². The van der Waals surface area contributed by atoms with Gasteiger partial charge in [-0.3, -0.25) is 9.79 Å². The van der Waals surface area contributed by atoms with Gasteiger partial charge >= 0.3 is 5.97 Å². The number of esters is 1. The molecule has 1 aromatic rings. The van der Waals surface area contributed by atoms with Gasteiger partial charge in [0.2, 0.25) is 0 Å². The third-order valence-electron chi connectivity index (χ3n) is 4.89. The number of furan rings is 1. The first-order valence-electron chi connectivity index (χ1n) is 9.88. The molecule has 0 radical (unpaired) electrons. The maximum absolute atomic E-state index is 11.9. The number of carbonyl (C=O) groups is 1. The van der Waals surface area contributed by atoms with Crippen LogP contribution >= 0.6 is 0 Å². The van der Waals surface area contributed by atoms with E-state index in [1.165, 1.54) is 0 Å². The second-order valence-corrected chi connectivity index (χ2v) is 6.96. The van der Waals surface area contributed by atoms with Crippen molar-refractivity contribution in [2.45, 2.75) is 71.4 Å². The van der Waals surface area contributed by atoms with Crippen molar-refractivity contribution in [3.63, 3.8) is 0 Å². The van der Waals surface area contributed by atoms with Crippen molar-refractivity contribution in [2.75, 3.05) is 13.2 Å². The van der Waals surface area contributed by atoms with Crippen LogP contribution in [0, 0.1) is 5.92 Å². The smallest absolute Gasteiger partial charge is 0.308 e. The SMILES string of the molecule is CCOC(=O)C1CCC(NC(=NCCc2ccco2)NC(C)CC)CC1. The zero-order valence-electron chi connectivity index (χ0n) is 16.3. The molecule has 1 atom stereocenters. The highest BCUT2D eigenvalue weighted by molar-refractivity contribution is 5.80. The van der Waals surface area contributed by atoms with Crippen LogP contribution in [0.15, 0.2) is 27.8 Å². The summed E-state index contributed by atoms with van der Waals surface area (Å²) < 4.78 is 10.5. The van der Waals surface area contributed by atoms with Crippen LogP contribution in [0.5, 0.6) is 0 Å². The van der Waals surface area contributed by atoms with E-state index >= 15 is 0 Å². The monoisotopic (exact) mass is 363 g/mol. The zero-order chi connectivity index (χ0) is 18.8. The highest BCUT2D eigenvalue weighted by Gasteiger charge is 2.27. The van der Waals surface area contributed by atoms with Gasteiger partial charge in [-0.05, 0) is 58.1 Å². The molecule has 0 spiro atoms. The highest BCUT2D eigenvalue weighted by atomic mass is 16.5. The van der Waals surface area contributed by atoms with Crippen LogP contribution in [0.4, 0.5) is 0 Å². The van der Waals surface area contributed by atoms with E-state index in [0.29, 0.717) is 25.2 Å². The fourth-order valence-corrected chi connectivity index (χ4v) is 3.13. The summed E-state index contributed by atoms with van der Waals surface area (Å²) in [4.78, 5) is 16.6. The number of carbonyl (C=O) groups excluding carboxylic acids is 1. The van der Waals surface area contributed by atoms with Crippen LogP contribution < -0.4 is 10.6 Å². The average molecular weight is 364 g/mol. The van der Waals surface area contributed by atoms with Crippen LogP contribution in [0.2, 0.25) is 0 Å². The lowest BCUT2D eigenvalue weighted by Crippen LogP contribution is -2.48. The molecular formula is C20H33N3O3. The molecule has 1 aromatic heterocycles. The van der Waals surface area contributed by atoms with Crippen LogP contribution in [0.3, 0.4) is 0 Å². The Morgan fingerprint density at radius 3 is 2.73 bits per heavy atom. The minimum atomic E-state index is -0.0454. The number of guanidine groups is 1. The molecule has 1 unspecified atom stereocenters. The topological polar surface area (TPSA) is 75.9 Å². The molecule has 0 saturated heterocycles. The molecule has 1 aliphatic carbocycles. The summed E-state index contributed by atoms with van der Waals surface area (Å²) >= 11 is 0. The van der Waals surface area contributed by atoms with E-state index in [0.717, 1.165) is 50.2 Å². The molecular weight excluding hydrogens is 330 g/mol. The Morgan fingerprint density at radius 2 is 2.12 bits per heavy atom. The fraction of sp³-hybridized carbons (Fsp3) is 0.700. The van der Waals surface area contributed by atoms with Gasteiger partial charge in [0, 0.05) is 25.0 Å². The Bertz CT molecular complexity index is 549. The third-order valence-corrected chi connectivity index (χ3v) is 4.89. The molecule has 0 bridgehead atoms. The number of ether oxygens (including phenoxy) is 1. The average Bonchev–Trinajstić information content (AvgIpc) is 3.15. The van der Waals surface area contributed by atoms with Crippen LogP contribution in [-0.2, 0) is 16.0 Å². The molecule has 2 N–H and O–H groups in total. The Morgan fingerprint density at radius 1 is 1.35 bits per heavy atom. The summed E-state index contributed by atoms with van der Waals surface area (Å²) in [5, 5.41) is 7.01. The highest BCUT2D eigenvalue weighted by Crippen LogP contribution is 2.25. The van der Waals surface area contributed by atoms with Crippen molar-refractivity contribution in [1.82, 2.24) is 10.6 Å². The van der Waals surface area contributed by atoms with Crippen molar-refractivity contribution in [2.24, 2.45) is 10.9 Å². The van der Waals surface area contributed by atoms with Gasteiger partial charge in [0.05, 0.1) is 18.8 Å². The first-order valence-corrected chi connectivity index (χ1v) is 9.88.